The van der Waals surface area contributed by atoms with Gasteiger partial charge in [-0.1, -0.05) is 6.07 Å². The number of hydrogen-bond donors (Lipinski definition) is 3. The van der Waals surface area contributed by atoms with Crippen molar-refractivity contribution >= 4 is 38.9 Å². The molecule has 6 heteroatoms. The van der Waals surface area contributed by atoms with Crippen LogP contribution in [-0.4, -0.2) is 4.98 Å². The Morgan fingerprint density at radius 2 is 2.12 bits per heavy atom. The molecule has 84 valence electrons. The molecule has 0 spiro atoms. The van der Waals surface area contributed by atoms with E-state index >= 15 is 0 Å². The van der Waals surface area contributed by atoms with Gasteiger partial charge in [0.15, 0.2) is 0 Å². The molecular formula is C10H11BrN4S. The Morgan fingerprint density at radius 1 is 1.31 bits per heavy atom. The Labute approximate surface area is 106 Å². The Bertz CT molecular complexity index is 471. The molecule has 4 nitrogen and oxygen atoms in total. The van der Waals surface area contributed by atoms with Crippen molar-refractivity contribution in [3.8, 4) is 0 Å². The number of nitrogens with two attached hydrogens (primary N) is 1. The molecule has 0 unspecified atom stereocenters. The molecule has 0 fully saturated rings. The van der Waals surface area contributed by atoms with Crippen molar-refractivity contribution in [2.24, 2.45) is 5.84 Å². The molecule has 16 heavy (non-hydrogen) atoms. The van der Waals surface area contributed by atoms with Gasteiger partial charge in [-0.2, -0.15) is 0 Å². The van der Waals surface area contributed by atoms with Crippen LogP contribution < -0.4 is 16.6 Å². The number of thiophene rings is 1. The highest BCUT2D eigenvalue weighted by Crippen LogP contribution is 2.23. The van der Waals surface area contributed by atoms with Crippen LogP contribution in [0.5, 0.6) is 0 Å². The van der Waals surface area contributed by atoms with E-state index in [4.69, 9.17) is 5.84 Å². The fourth-order valence-corrected chi connectivity index (χ4v) is 2.67. The van der Waals surface area contributed by atoms with Gasteiger partial charge in [-0.25, -0.2) is 10.8 Å². The second-order valence-electron chi connectivity index (χ2n) is 3.10. The van der Waals surface area contributed by atoms with Crippen molar-refractivity contribution in [3.63, 3.8) is 0 Å². The average Bonchev–Trinajstić information content (AvgIpc) is 2.72. The van der Waals surface area contributed by atoms with E-state index in [0.29, 0.717) is 5.82 Å². The molecule has 0 atom stereocenters. The fraction of sp³-hybridized carbons (Fsp3) is 0.100. The molecular weight excluding hydrogens is 288 g/mol. The largest absolute Gasteiger partial charge is 0.365 e. The quantitative estimate of drug-likeness (QED) is 0.600. The van der Waals surface area contributed by atoms with E-state index < -0.39 is 0 Å². The first-order chi connectivity index (χ1) is 7.79. The van der Waals surface area contributed by atoms with Gasteiger partial charge in [0.2, 0.25) is 0 Å². The standard InChI is InChI=1S/C10H11BrN4S/c11-7-4-5-16-8(7)6-13-9-2-1-3-10(14-9)15-12/h1-5H,6,12H2,(H2,13,14,15). The highest BCUT2D eigenvalue weighted by molar-refractivity contribution is 9.10. The summed E-state index contributed by atoms with van der Waals surface area (Å²) in [5, 5.41) is 5.28. The van der Waals surface area contributed by atoms with Crippen LogP contribution in [0.3, 0.4) is 0 Å². The first-order valence-electron chi connectivity index (χ1n) is 4.69. The Kier molecular flexibility index (Phi) is 3.76. The van der Waals surface area contributed by atoms with E-state index in [1.807, 2.05) is 29.6 Å². The van der Waals surface area contributed by atoms with Gasteiger partial charge >= 0.3 is 0 Å². The van der Waals surface area contributed by atoms with Gasteiger partial charge < -0.3 is 10.7 Å². The number of aromatic nitrogens is 1. The zero-order valence-corrected chi connectivity index (χ0v) is 10.8. The number of halogens is 1. The molecule has 0 saturated heterocycles. The number of nitrogens with zero attached hydrogens (tertiary/aromatic N) is 1. The molecule has 0 aliphatic heterocycles. The first kappa shape index (κ1) is 11.4. The molecule has 0 aromatic carbocycles. The minimum absolute atomic E-state index is 0.648. The number of anilines is 2. The SMILES string of the molecule is NNc1cccc(NCc2sccc2Br)n1. The van der Waals surface area contributed by atoms with E-state index in [1.165, 1.54) is 4.88 Å². The van der Waals surface area contributed by atoms with Gasteiger partial charge in [0.05, 0.1) is 6.54 Å². The monoisotopic (exact) mass is 298 g/mol. The van der Waals surface area contributed by atoms with E-state index in [-0.39, 0.29) is 0 Å². The summed E-state index contributed by atoms with van der Waals surface area (Å²) in [5.41, 5.74) is 2.51. The second kappa shape index (κ2) is 5.29. The van der Waals surface area contributed by atoms with Crippen molar-refractivity contribution < 1.29 is 0 Å². The summed E-state index contributed by atoms with van der Waals surface area (Å²) in [6, 6.07) is 7.65. The van der Waals surface area contributed by atoms with Crippen LogP contribution >= 0.6 is 27.3 Å². The van der Waals surface area contributed by atoms with Crippen LogP contribution in [-0.2, 0) is 6.54 Å². The zero-order chi connectivity index (χ0) is 11.4. The summed E-state index contributed by atoms with van der Waals surface area (Å²) in [6.07, 6.45) is 0. The number of hydrazine groups is 1. The number of nitrogen functional groups attached to an aromatic ring is 1. The lowest BCUT2D eigenvalue weighted by atomic mass is 10.4. The van der Waals surface area contributed by atoms with Crippen molar-refractivity contribution in [3.05, 3.63) is 39.0 Å². The normalized spacial score (nSPS) is 10.1. The van der Waals surface area contributed by atoms with E-state index in [2.05, 4.69) is 31.7 Å². The van der Waals surface area contributed by atoms with Crippen molar-refractivity contribution in [2.75, 3.05) is 10.7 Å². The van der Waals surface area contributed by atoms with Crippen LogP contribution in [0.2, 0.25) is 0 Å². The van der Waals surface area contributed by atoms with E-state index in [9.17, 15) is 0 Å². The lowest BCUT2D eigenvalue weighted by Crippen LogP contribution is -2.09. The number of rotatable bonds is 4. The minimum Gasteiger partial charge on any atom is -0.365 e. The van der Waals surface area contributed by atoms with Gasteiger partial charge in [-0.05, 0) is 39.5 Å². The smallest absolute Gasteiger partial charge is 0.142 e. The topological polar surface area (TPSA) is 63.0 Å². The molecule has 2 aromatic rings. The van der Waals surface area contributed by atoms with Gasteiger partial charge in [-0.15, -0.1) is 11.3 Å². The summed E-state index contributed by atoms with van der Waals surface area (Å²) in [7, 11) is 0. The Hall–Kier alpha value is -1.11. The van der Waals surface area contributed by atoms with Gasteiger partial charge in [0, 0.05) is 9.35 Å². The molecule has 0 radical (unpaired) electrons. The summed E-state index contributed by atoms with van der Waals surface area (Å²) >= 11 is 5.19. The fourth-order valence-electron chi connectivity index (χ4n) is 1.24. The van der Waals surface area contributed by atoms with Gasteiger partial charge in [0.25, 0.3) is 0 Å². The molecule has 0 aliphatic carbocycles. The van der Waals surface area contributed by atoms with Crippen molar-refractivity contribution in [1.29, 1.82) is 0 Å². The van der Waals surface area contributed by atoms with Gasteiger partial charge in [0.1, 0.15) is 11.6 Å². The predicted molar refractivity (Wildman–Crippen MR) is 71.4 cm³/mol. The summed E-state index contributed by atoms with van der Waals surface area (Å²) in [4.78, 5) is 5.51. The predicted octanol–water partition coefficient (Wildman–Crippen LogP) is 2.80. The van der Waals surface area contributed by atoms with Crippen LogP contribution in [0.25, 0.3) is 0 Å². The van der Waals surface area contributed by atoms with Crippen LogP contribution in [0.1, 0.15) is 4.88 Å². The minimum atomic E-state index is 0.648. The highest BCUT2D eigenvalue weighted by Gasteiger charge is 2.01. The number of pyridine rings is 1. The molecule has 0 saturated carbocycles. The Morgan fingerprint density at radius 3 is 2.81 bits per heavy atom. The molecule has 0 bridgehead atoms. The lowest BCUT2D eigenvalue weighted by Gasteiger charge is -2.06. The molecule has 2 rings (SSSR count). The van der Waals surface area contributed by atoms with Crippen LogP contribution in [0.15, 0.2) is 34.1 Å². The average molecular weight is 299 g/mol. The lowest BCUT2D eigenvalue weighted by molar-refractivity contribution is 1.12. The number of hydrogen-bond acceptors (Lipinski definition) is 5. The molecule has 4 N–H and O–H groups in total. The van der Waals surface area contributed by atoms with Gasteiger partial charge in [-0.3, -0.25) is 0 Å². The Balaban J connectivity index is 2.02. The maximum Gasteiger partial charge on any atom is 0.142 e. The first-order valence-corrected chi connectivity index (χ1v) is 6.36. The van der Waals surface area contributed by atoms with Crippen LogP contribution in [0, 0.1) is 0 Å². The third kappa shape index (κ3) is 2.72. The van der Waals surface area contributed by atoms with E-state index in [0.717, 1.165) is 16.8 Å². The molecule has 0 aliphatic rings. The summed E-state index contributed by atoms with van der Waals surface area (Å²) in [5.74, 6) is 6.74. The highest BCUT2D eigenvalue weighted by atomic mass is 79.9. The maximum atomic E-state index is 5.29. The van der Waals surface area contributed by atoms with Crippen molar-refractivity contribution in [1.82, 2.24) is 4.98 Å². The summed E-state index contributed by atoms with van der Waals surface area (Å²) < 4.78 is 1.12. The third-order valence-electron chi connectivity index (χ3n) is 2.02. The molecule has 0 amide bonds. The van der Waals surface area contributed by atoms with E-state index in [1.54, 1.807) is 11.3 Å². The molecule has 2 aromatic heterocycles. The van der Waals surface area contributed by atoms with Crippen LogP contribution in [0.4, 0.5) is 11.6 Å². The summed E-state index contributed by atoms with van der Waals surface area (Å²) in [6.45, 7) is 0.749. The second-order valence-corrected chi connectivity index (χ2v) is 4.95. The number of nitrogens with one attached hydrogen (secondary N) is 2. The van der Waals surface area contributed by atoms with Crippen molar-refractivity contribution in [2.45, 2.75) is 6.54 Å². The maximum absolute atomic E-state index is 5.29. The molecule has 2 heterocycles. The third-order valence-corrected chi connectivity index (χ3v) is 3.94. The zero-order valence-electron chi connectivity index (χ0n) is 8.40.